The van der Waals surface area contributed by atoms with Gasteiger partial charge in [0, 0.05) is 18.2 Å². The van der Waals surface area contributed by atoms with E-state index < -0.39 is 15.7 Å². The first-order valence-corrected chi connectivity index (χ1v) is 9.54. The standard InChI is InChI=1S/C16H18FN3O3S/c1-2-20(13-6-7-24(22,23)10-13)16(21)14-9-18-19-15(14)11-4-3-5-12(17)8-11/h3-5,8-9,13H,2,6-7,10H2,1H3,(H,18,19). The molecule has 0 saturated carbocycles. The van der Waals surface area contributed by atoms with Gasteiger partial charge in [-0.1, -0.05) is 12.1 Å². The highest BCUT2D eigenvalue weighted by atomic mass is 32.2. The number of nitrogens with zero attached hydrogens (tertiary/aromatic N) is 2. The zero-order chi connectivity index (χ0) is 17.3. The number of rotatable bonds is 4. The predicted molar refractivity (Wildman–Crippen MR) is 87.8 cm³/mol. The molecule has 1 amide bonds. The van der Waals surface area contributed by atoms with Gasteiger partial charge in [0.15, 0.2) is 9.84 Å². The zero-order valence-electron chi connectivity index (χ0n) is 13.2. The molecular weight excluding hydrogens is 333 g/mol. The molecule has 1 saturated heterocycles. The number of amides is 1. The molecule has 6 nitrogen and oxygen atoms in total. The molecule has 1 aliphatic rings. The molecule has 0 spiro atoms. The highest BCUT2D eigenvalue weighted by Crippen LogP contribution is 2.25. The molecule has 8 heteroatoms. The maximum absolute atomic E-state index is 13.5. The number of aromatic nitrogens is 2. The maximum atomic E-state index is 13.5. The molecule has 0 bridgehead atoms. The summed E-state index contributed by atoms with van der Waals surface area (Å²) >= 11 is 0. The molecule has 1 atom stereocenters. The Hall–Kier alpha value is -2.22. The molecule has 3 rings (SSSR count). The van der Waals surface area contributed by atoms with Crippen LogP contribution in [0.5, 0.6) is 0 Å². The molecular formula is C16H18FN3O3S. The Bertz CT molecular complexity index is 863. The minimum absolute atomic E-state index is 0.0142. The Morgan fingerprint density at radius 3 is 2.88 bits per heavy atom. The number of hydrogen-bond acceptors (Lipinski definition) is 4. The first-order chi connectivity index (χ1) is 11.4. The van der Waals surface area contributed by atoms with Gasteiger partial charge in [0.1, 0.15) is 5.82 Å². The van der Waals surface area contributed by atoms with E-state index in [-0.39, 0.29) is 23.5 Å². The van der Waals surface area contributed by atoms with Crippen molar-refractivity contribution in [3.05, 3.63) is 41.8 Å². The van der Waals surface area contributed by atoms with E-state index in [1.165, 1.54) is 18.3 Å². The molecule has 1 unspecified atom stereocenters. The number of benzene rings is 1. The molecule has 128 valence electrons. The largest absolute Gasteiger partial charge is 0.335 e. The van der Waals surface area contributed by atoms with E-state index in [2.05, 4.69) is 10.2 Å². The quantitative estimate of drug-likeness (QED) is 0.911. The summed E-state index contributed by atoms with van der Waals surface area (Å²) in [6.45, 7) is 2.21. The summed E-state index contributed by atoms with van der Waals surface area (Å²) < 4.78 is 36.8. The smallest absolute Gasteiger partial charge is 0.257 e. The summed E-state index contributed by atoms with van der Waals surface area (Å²) in [4.78, 5) is 14.4. The maximum Gasteiger partial charge on any atom is 0.257 e. The van der Waals surface area contributed by atoms with Gasteiger partial charge in [-0.25, -0.2) is 12.8 Å². The Balaban J connectivity index is 1.92. The van der Waals surface area contributed by atoms with Crippen LogP contribution in [-0.2, 0) is 9.84 Å². The Morgan fingerprint density at radius 2 is 2.25 bits per heavy atom. The molecule has 0 radical (unpaired) electrons. The Morgan fingerprint density at radius 1 is 1.46 bits per heavy atom. The van der Waals surface area contributed by atoms with Gasteiger partial charge in [-0.2, -0.15) is 5.10 Å². The lowest BCUT2D eigenvalue weighted by atomic mass is 10.1. The highest BCUT2D eigenvalue weighted by molar-refractivity contribution is 7.91. The average molecular weight is 351 g/mol. The number of carbonyl (C=O) groups excluding carboxylic acids is 1. The summed E-state index contributed by atoms with van der Waals surface area (Å²) in [5.74, 6) is -0.620. The van der Waals surface area contributed by atoms with Gasteiger partial charge < -0.3 is 4.90 Å². The van der Waals surface area contributed by atoms with Crippen molar-refractivity contribution < 1.29 is 17.6 Å². The molecule has 2 aromatic rings. The second-order valence-electron chi connectivity index (χ2n) is 5.82. The molecule has 1 aromatic heterocycles. The summed E-state index contributed by atoms with van der Waals surface area (Å²) in [7, 11) is -3.09. The minimum atomic E-state index is -3.09. The number of H-pyrrole nitrogens is 1. The number of sulfone groups is 1. The molecule has 1 aliphatic heterocycles. The van der Waals surface area contributed by atoms with Gasteiger partial charge in [-0.15, -0.1) is 0 Å². The second kappa shape index (κ2) is 6.35. The van der Waals surface area contributed by atoms with Crippen LogP contribution in [0.4, 0.5) is 4.39 Å². The summed E-state index contributed by atoms with van der Waals surface area (Å²) in [6, 6.07) is 5.55. The lowest BCUT2D eigenvalue weighted by Crippen LogP contribution is -2.41. The van der Waals surface area contributed by atoms with Crippen LogP contribution in [0, 0.1) is 5.82 Å². The summed E-state index contributed by atoms with van der Waals surface area (Å²) in [5, 5.41) is 6.64. The predicted octanol–water partition coefficient (Wildman–Crippen LogP) is 1.86. The van der Waals surface area contributed by atoms with Crippen LogP contribution in [0.25, 0.3) is 11.3 Å². The number of hydrogen-bond donors (Lipinski definition) is 1. The second-order valence-corrected chi connectivity index (χ2v) is 8.05. The van der Waals surface area contributed by atoms with Crippen molar-refractivity contribution in [3.8, 4) is 11.3 Å². The van der Waals surface area contributed by atoms with Crippen LogP contribution in [0.3, 0.4) is 0 Å². The van der Waals surface area contributed by atoms with Crippen LogP contribution in [0.15, 0.2) is 30.5 Å². The fourth-order valence-electron chi connectivity index (χ4n) is 3.06. The van der Waals surface area contributed by atoms with E-state index in [4.69, 9.17) is 0 Å². The van der Waals surface area contributed by atoms with Gasteiger partial charge in [0.25, 0.3) is 5.91 Å². The molecule has 0 aliphatic carbocycles. The zero-order valence-corrected chi connectivity index (χ0v) is 14.0. The molecule has 24 heavy (non-hydrogen) atoms. The summed E-state index contributed by atoms with van der Waals surface area (Å²) in [5.41, 5.74) is 1.26. The average Bonchev–Trinajstić information content (AvgIpc) is 3.14. The van der Waals surface area contributed by atoms with Crippen LogP contribution in [0.2, 0.25) is 0 Å². The number of halogens is 1. The summed E-state index contributed by atoms with van der Waals surface area (Å²) in [6.07, 6.45) is 1.84. The monoisotopic (exact) mass is 351 g/mol. The van der Waals surface area contributed by atoms with E-state index in [9.17, 15) is 17.6 Å². The molecule has 1 N–H and O–H groups in total. The van der Waals surface area contributed by atoms with Gasteiger partial charge in [-0.05, 0) is 25.5 Å². The third kappa shape index (κ3) is 3.19. The van der Waals surface area contributed by atoms with E-state index in [1.54, 1.807) is 17.0 Å². The van der Waals surface area contributed by atoms with Crippen molar-refractivity contribution in [3.63, 3.8) is 0 Å². The van der Waals surface area contributed by atoms with Crippen molar-refractivity contribution in [2.75, 3.05) is 18.1 Å². The van der Waals surface area contributed by atoms with E-state index >= 15 is 0 Å². The Labute approximate surface area is 139 Å². The van der Waals surface area contributed by atoms with Gasteiger partial charge in [0.2, 0.25) is 0 Å². The number of aromatic amines is 1. The third-order valence-corrected chi connectivity index (χ3v) is 5.98. The lowest BCUT2D eigenvalue weighted by molar-refractivity contribution is 0.0709. The first kappa shape index (κ1) is 16.6. The van der Waals surface area contributed by atoms with Crippen molar-refractivity contribution in [1.82, 2.24) is 15.1 Å². The molecule has 1 aromatic carbocycles. The SMILES string of the molecule is CCN(C(=O)c1cn[nH]c1-c1cccc(F)c1)C1CCS(=O)(=O)C1. The fourth-order valence-corrected chi connectivity index (χ4v) is 4.79. The van der Waals surface area contributed by atoms with E-state index in [1.807, 2.05) is 6.92 Å². The first-order valence-electron chi connectivity index (χ1n) is 7.72. The number of carbonyl (C=O) groups is 1. The van der Waals surface area contributed by atoms with Gasteiger partial charge >= 0.3 is 0 Å². The van der Waals surface area contributed by atoms with Crippen LogP contribution in [0.1, 0.15) is 23.7 Å². The lowest BCUT2D eigenvalue weighted by Gasteiger charge is -2.26. The van der Waals surface area contributed by atoms with Gasteiger partial charge in [0.05, 0.1) is 29.0 Å². The topological polar surface area (TPSA) is 83.1 Å². The highest BCUT2D eigenvalue weighted by Gasteiger charge is 2.35. The molecule has 1 fully saturated rings. The van der Waals surface area contributed by atoms with Crippen LogP contribution < -0.4 is 0 Å². The van der Waals surface area contributed by atoms with Crippen molar-refractivity contribution in [1.29, 1.82) is 0 Å². The van der Waals surface area contributed by atoms with Crippen LogP contribution >= 0.6 is 0 Å². The van der Waals surface area contributed by atoms with E-state index in [0.717, 1.165) is 0 Å². The van der Waals surface area contributed by atoms with Gasteiger partial charge in [-0.3, -0.25) is 9.89 Å². The normalized spacial score (nSPS) is 19.3. The number of nitrogens with one attached hydrogen (secondary N) is 1. The Kier molecular flexibility index (Phi) is 4.40. The fraction of sp³-hybridized carbons (Fsp3) is 0.375. The van der Waals surface area contributed by atoms with Crippen molar-refractivity contribution in [2.24, 2.45) is 0 Å². The van der Waals surface area contributed by atoms with E-state index in [0.29, 0.717) is 29.8 Å². The minimum Gasteiger partial charge on any atom is -0.335 e. The molecule has 2 heterocycles. The van der Waals surface area contributed by atoms with Crippen molar-refractivity contribution in [2.45, 2.75) is 19.4 Å². The van der Waals surface area contributed by atoms with Crippen molar-refractivity contribution >= 4 is 15.7 Å². The third-order valence-electron chi connectivity index (χ3n) is 4.23. The van der Waals surface area contributed by atoms with Crippen LogP contribution in [-0.4, -0.2) is 53.5 Å².